The van der Waals surface area contributed by atoms with Gasteiger partial charge in [-0.15, -0.1) is 24.0 Å². The lowest BCUT2D eigenvalue weighted by Crippen LogP contribution is -2.43. The molecule has 0 saturated carbocycles. The molecule has 0 aliphatic carbocycles. The fourth-order valence-electron chi connectivity index (χ4n) is 3.88. The Bertz CT molecular complexity index is 437. The van der Waals surface area contributed by atoms with Crippen LogP contribution in [0.4, 0.5) is 0 Å². The summed E-state index contributed by atoms with van der Waals surface area (Å²) in [6.07, 6.45) is 4.74. The zero-order valence-electron chi connectivity index (χ0n) is 18.3. The number of hydrogen-bond donors (Lipinski definition) is 2. The van der Waals surface area contributed by atoms with Gasteiger partial charge in [0, 0.05) is 51.3 Å². The third kappa shape index (κ3) is 9.59. The maximum Gasteiger partial charge on any atom is 0.191 e. The molecule has 6 nitrogen and oxygen atoms in total. The first kappa shape index (κ1) is 25.9. The van der Waals surface area contributed by atoms with Crippen molar-refractivity contribution in [3.63, 3.8) is 0 Å². The standard InChI is InChI=1S/C21H41N3O3.HI/c1-5-22-20(23-10-7-11-25-15-17-9-13-26-16-17)24-14-18-8-6-12-27-19(18)21(2,3)4;/h17-19H,5-16H2,1-4H3,(H2,22,23,24);1H. The molecular formula is C21H42IN3O3. The van der Waals surface area contributed by atoms with Crippen LogP contribution in [0, 0.1) is 17.3 Å². The predicted octanol–water partition coefficient (Wildman–Crippen LogP) is 3.44. The van der Waals surface area contributed by atoms with Gasteiger partial charge in [-0.25, -0.2) is 0 Å². The number of rotatable bonds is 9. The minimum Gasteiger partial charge on any atom is -0.381 e. The van der Waals surface area contributed by atoms with Gasteiger partial charge >= 0.3 is 0 Å². The van der Waals surface area contributed by atoms with Gasteiger partial charge < -0.3 is 24.8 Å². The third-order valence-corrected chi connectivity index (χ3v) is 5.26. The molecule has 2 fully saturated rings. The van der Waals surface area contributed by atoms with Gasteiger partial charge in [0.05, 0.1) is 19.3 Å². The van der Waals surface area contributed by atoms with Crippen molar-refractivity contribution < 1.29 is 14.2 Å². The number of nitrogens with zero attached hydrogens (tertiary/aromatic N) is 1. The Morgan fingerprint density at radius 3 is 2.68 bits per heavy atom. The predicted molar refractivity (Wildman–Crippen MR) is 126 cm³/mol. The SMILES string of the molecule is CCNC(=NCC1CCCOC1C(C)(C)C)NCCCOCC1CCOC1.I. The third-order valence-electron chi connectivity index (χ3n) is 5.26. The average molecular weight is 511 g/mol. The summed E-state index contributed by atoms with van der Waals surface area (Å²) in [6, 6.07) is 0. The molecule has 0 amide bonds. The normalized spacial score (nSPS) is 26.0. The summed E-state index contributed by atoms with van der Waals surface area (Å²) < 4.78 is 17.2. The molecule has 2 saturated heterocycles. The molecule has 0 bridgehead atoms. The van der Waals surface area contributed by atoms with Crippen LogP contribution in [0.5, 0.6) is 0 Å². The molecule has 7 heteroatoms. The summed E-state index contributed by atoms with van der Waals surface area (Å²) in [6.45, 7) is 15.7. The summed E-state index contributed by atoms with van der Waals surface area (Å²) in [5.41, 5.74) is 0.161. The van der Waals surface area contributed by atoms with Crippen LogP contribution < -0.4 is 10.6 Å². The molecule has 0 aromatic heterocycles. The van der Waals surface area contributed by atoms with E-state index in [0.717, 1.165) is 77.9 Å². The van der Waals surface area contributed by atoms with Crippen molar-refractivity contribution in [1.82, 2.24) is 10.6 Å². The molecule has 2 rings (SSSR count). The fourth-order valence-corrected chi connectivity index (χ4v) is 3.88. The first-order valence-corrected chi connectivity index (χ1v) is 10.8. The van der Waals surface area contributed by atoms with Gasteiger partial charge in [-0.3, -0.25) is 4.99 Å². The molecule has 3 unspecified atom stereocenters. The van der Waals surface area contributed by atoms with Crippen molar-refractivity contribution in [3.05, 3.63) is 0 Å². The quantitative estimate of drug-likeness (QED) is 0.215. The van der Waals surface area contributed by atoms with E-state index in [1.165, 1.54) is 6.42 Å². The molecule has 2 aliphatic heterocycles. The Morgan fingerprint density at radius 1 is 1.18 bits per heavy atom. The van der Waals surface area contributed by atoms with Crippen LogP contribution in [0.25, 0.3) is 0 Å². The average Bonchev–Trinajstić information content (AvgIpc) is 3.15. The molecule has 0 aromatic carbocycles. The number of aliphatic imine (C=N–C) groups is 1. The lowest BCUT2D eigenvalue weighted by molar-refractivity contribution is -0.0823. The summed E-state index contributed by atoms with van der Waals surface area (Å²) in [5, 5.41) is 6.79. The van der Waals surface area contributed by atoms with Gasteiger partial charge in [0.15, 0.2) is 5.96 Å². The Balaban J connectivity index is 0.00000392. The Morgan fingerprint density at radius 2 is 2.00 bits per heavy atom. The number of guanidine groups is 1. The van der Waals surface area contributed by atoms with Gasteiger partial charge in [-0.05, 0) is 38.0 Å². The van der Waals surface area contributed by atoms with Crippen LogP contribution in [-0.2, 0) is 14.2 Å². The first-order chi connectivity index (χ1) is 13.0. The lowest BCUT2D eigenvalue weighted by atomic mass is 9.78. The van der Waals surface area contributed by atoms with Crippen LogP contribution in [0.1, 0.15) is 53.4 Å². The molecule has 28 heavy (non-hydrogen) atoms. The molecule has 0 aromatic rings. The molecule has 2 aliphatic rings. The number of ether oxygens (including phenoxy) is 3. The molecule has 166 valence electrons. The highest BCUT2D eigenvalue weighted by Crippen LogP contribution is 2.34. The molecule has 0 spiro atoms. The smallest absolute Gasteiger partial charge is 0.191 e. The monoisotopic (exact) mass is 511 g/mol. The number of halogens is 1. The van der Waals surface area contributed by atoms with Crippen LogP contribution >= 0.6 is 24.0 Å². The van der Waals surface area contributed by atoms with E-state index in [2.05, 4.69) is 38.3 Å². The van der Waals surface area contributed by atoms with E-state index in [-0.39, 0.29) is 35.5 Å². The van der Waals surface area contributed by atoms with Crippen molar-refractivity contribution in [2.45, 2.75) is 59.5 Å². The zero-order chi connectivity index (χ0) is 19.5. The van der Waals surface area contributed by atoms with Gasteiger partial charge in [-0.1, -0.05) is 20.8 Å². The summed E-state index contributed by atoms with van der Waals surface area (Å²) in [7, 11) is 0. The summed E-state index contributed by atoms with van der Waals surface area (Å²) in [4.78, 5) is 4.84. The van der Waals surface area contributed by atoms with E-state index in [1.54, 1.807) is 0 Å². The summed E-state index contributed by atoms with van der Waals surface area (Å²) in [5.74, 6) is 1.98. The maximum absolute atomic E-state index is 6.08. The maximum atomic E-state index is 6.08. The van der Waals surface area contributed by atoms with Crippen LogP contribution in [0.2, 0.25) is 0 Å². The van der Waals surface area contributed by atoms with Crippen LogP contribution in [0.15, 0.2) is 4.99 Å². The van der Waals surface area contributed by atoms with E-state index in [9.17, 15) is 0 Å². The van der Waals surface area contributed by atoms with Crippen molar-refractivity contribution in [3.8, 4) is 0 Å². The van der Waals surface area contributed by atoms with Crippen molar-refractivity contribution >= 4 is 29.9 Å². The fraction of sp³-hybridized carbons (Fsp3) is 0.952. The summed E-state index contributed by atoms with van der Waals surface area (Å²) >= 11 is 0. The number of hydrogen-bond acceptors (Lipinski definition) is 4. The second kappa shape index (κ2) is 14.0. The molecule has 2 N–H and O–H groups in total. The van der Waals surface area contributed by atoms with Gasteiger partial charge in [0.1, 0.15) is 0 Å². The van der Waals surface area contributed by atoms with E-state index >= 15 is 0 Å². The molecule has 0 radical (unpaired) electrons. The van der Waals surface area contributed by atoms with Crippen LogP contribution in [0.3, 0.4) is 0 Å². The van der Waals surface area contributed by atoms with Gasteiger partial charge in [0.2, 0.25) is 0 Å². The zero-order valence-corrected chi connectivity index (χ0v) is 20.6. The highest BCUT2D eigenvalue weighted by atomic mass is 127. The second-order valence-corrected chi connectivity index (χ2v) is 8.86. The van der Waals surface area contributed by atoms with Crippen molar-refractivity contribution in [2.75, 3.05) is 52.7 Å². The highest BCUT2D eigenvalue weighted by molar-refractivity contribution is 14.0. The second-order valence-electron chi connectivity index (χ2n) is 8.86. The molecular weight excluding hydrogens is 469 g/mol. The van der Waals surface area contributed by atoms with E-state index in [0.29, 0.717) is 11.8 Å². The largest absolute Gasteiger partial charge is 0.381 e. The Labute approximate surface area is 189 Å². The molecule has 2 heterocycles. The highest BCUT2D eigenvalue weighted by Gasteiger charge is 2.35. The Hall–Kier alpha value is -0.120. The molecule has 3 atom stereocenters. The van der Waals surface area contributed by atoms with Crippen molar-refractivity contribution in [1.29, 1.82) is 0 Å². The Kier molecular flexibility index (Phi) is 12.9. The minimum absolute atomic E-state index is 0. The topological polar surface area (TPSA) is 64.1 Å². The minimum atomic E-state index is 0. The van der Waals surface area contributed by atoms with Gasteiger partial charge in [0.25, 0.3) is 0 Å². The lowest BCUT2D eigenvalue weighted by Gasteiger charge is -2.39. The van der Waals surface area contributed by atoms with E-state index in [4.69, 9.17) is 19.2 Å². The van der Waals surface area contributed by atoms with E-state index in [1.807, 2.05) is 0 Å². The van der Waals surface area contributed by atoms with E-state index < -0.39 is 0 Å². The number of nitrogens with one attached hydrogen (secondary N) is 2. The van der Waals surface area contributed by atoms with Gasteiger partial charge in [-0.2, -0.15) is 0 Å². The van der Waals surface area contributed by atoms with Crippen LogP contribution in [-0.4, -0.2) is 64.7 Å². The first-order valence-electron chi connectivity index (χ1n) is 10.8. The van der Waals surface area contributed by atoms with Crippen molar-refractivity contribution in [2.24, 2.45) is 22.2 Å².